The number of carboxylic acids is 4. The summed E-state index contributed by atoms with van der Waals surface area (Å²) in [5, 5.41) is 37.0. The van der Waals surface area contributed by atoms with Crippen LogP contribution in [0.15, 0.2) is 168 Å². The van der Waals surface area contributed by atoms with Gasteiger partial charge in [-0.05, 0) is 122 Å². The molecule has 4 aliphatic rings. The maximum absolute atomic E-state index is 12.1. The lowest BCUT2D eigenvalue weighted by molar-refractivity contribution is -0.166. The Morgan fingerprint density at radius 3 is 0.880 bits per heavy atom. The minimum atomic E-state index is -2.21. The molecule has 0 spiro atoms. The molecule has 100 heavy (non-hydrogen) atoms. The van der Waals surface area contributed by atoms with Crippen LogP contribution in [0, 0.1) is 0 Å². The topological polar surface area (TPSA) is 402 Å². The van der Waals surface area contributed by atoms with Crippen molar-refractivity contribution in [2.75, 3.05) is 67.8 Å². The highest BCUT2D eigenvalue weighted by Crippen LogP contribution is 2.44. The van der Waals surface area contributed by atoms with Crippen LogP contribution in [0.4, 0.5) is 0 Å². The van der Waals surface area contributed by atoms with Crippen molar-refractivity contribution in [1.29, 1.82) is 0 Å². The Hall–Kier alpha value is -11.8. The number of carbonyl (C=O) groups is 10. The zero-order valence-electron chi connectivity index (χ0n) is 55.4. The van der Waals surface area contributed by atoms with Crippen molar-refractivity contribution in [2.24, 2.45) is 11.5 Å². The highest BCUT2D eigenvalue weighted by molar-refractivity contribution is 5.97. The molecule has 10 rings (SSSR count). The number of hydrogen-bond acceptors (Lipinski definition) is 24. The molecule has 28 nitrogen and oxygen atoms in total. The molecule has 6 atom stereocenters. The summed E-state index contributed by atoms with van der Waals surface area (Å²) >= 11 is 0. The summed E-state index contributed by atoms with van der Waals surface area (Å²) in [5.41, 5.74) is 19.8. The van der Waals surface area contributed by atoms with E-state index in [-0.39, 0.29) is 46.3 Å². The van der Waals surface area contributed by atoms with Crippen molar-refractivity contribution in [3.63, 3.8) is 0 Å². The van der Waals surface area contributed by atoms with Crippen molar-refractivity contribution < 1.29 is 116 Å². The number of methoxy groups -OCH3 is 4. The number of hydrogen-bond donors (Lipinski definition) is 6. The van der Waals surface area contributed by atoms with Crippen molar-refractivity contribution >= 4 is 59.7 Å². The summed E-state index contributed by atoms with van der Waals surface area (Å²) < 4.78 is 51.0. The Kier molecular flexibility index (Phi) is 27.2. The molecule has 6 aromatic carbocycles. The van der Waals surface area contributed by atoms with Crippen LogP contribution in [0.3, 0.4) is 0 Å². The second-order valence-corrected chi connectivity index (χ2v) is 22.3. The Morgan fingerprint density at radius 1 is 0.400 bits per heavy atom. The normalized spacial score (nSPS) is 16.2. The second kappa shape index (κ2) is 36.0. The average Bonchev–Trinajstić information content (AvgIpc) is 0.766. The molecule has 0 aromatic heterocycles. The highest BCUT2D eigenvalue weighted by Gasteiger charge is 2.43. The van der Waals surface area contributed by atoms with Gasteiger partial charge in [-0.15, -0.1) is 0 Å². The molecule has 1 unspecified atom stereocenters. The van der Waals surface area contributed by atoms with E-state index in [0.29, 0.717) is 61.7 Å². The molecule has 0 radical (unpaired) electrons. The van der Waals surface area contributed by atoms with Gasteiger partial charge >= 0.3 is 59.7 Å². The number of fused-ring (bicyclic) bond motifs is 6. The van der Waals surface area contributed by atoms with Gasteiger partial charge in [0.05, 0.1) is 75.1 Å². The van der Waals surface area contributed by atoms with Gasteiger partial charge in [-0.3, -0.25) is 9.80 Å². The lowest BCUT2D eigenvalue weighted by atomic mass is 9.86. The van der Waals surface area contributed by atoms with Gasteiger partial charge in [0.15, 0.2) is 23.0 Å². The van der Waals surface area contributed by atoms with Gasteiger partial charge in [0.25, 0.3) is 0 Å². The molecule has 0 saturated heterocycles. The fraction of sp³-hybridized carbons (Fsp3) is 0.306. The molecule has 8 N–H and O–H groups in total. The highest BCUT2D eigenvalue weighted by atomic mass is 16.6. The Balaban J connectivity index is 0.000000187. The minimum Gasteiger partial charge on any atom is -0.493 e. The van der Waals surface area contributed by atoms with E-state index in [4.69, 9.17) is 58.8 Å². The maximum Gasteiger partial charge on any atom is 0.349 e. The first-order valence-electron chi connectivity index (χ1n) is 31.2. The zero-order valence-corrected chi connectivity index (χ0v) is 55.4. The van der Waals surface area contributed by atoms with Crippen LogP contribution in [0.2, 0.25) is 0 Å². The van der Waals surface area contributed by atoms with E-state index in [9.17, 15) is 68.4 Å². The summed E-state index contributed by atoms with van der Waals surface area (Å²) in [4.78, 5) is 122. The summed E-state index contributed by atoms with van der Waals surface area (Å²) in [7, 11) is 6.57. The smallest absolute Gasteiger partial charge is 0.349 e. The molecule has 0 fully saturated rings. The van der Waals surface area contributed by atoms with E-state index < -0.39 is 72.2 Å². The number of esters is 6. The summed E-state index contributed by atoms with van der Waals surface area (Å²) in [6, 6.07) is 38.2. The third-order valence-electron chi connectivity index (χ3n) is 16.1. The van der Waals surface area contributed by atoms with Gasteiger partial charge in [-0.2, -0.15) is 0 Å². The number of nitrogens with two attached hydrogens (primary N) is 2. The number of benzene rings is 6. The molecule has 528 valence electrons. The Morgan fingerprint density at radius 2 is 0.650 bits per heavy atom. The molecular weight excluding hydrogens is 1300 g/mol. The van der Waals surface area contributed by atoms with Gasteiger partial charge in [0, 0.05) is 62.5 Å². The molecule has 6 aromatic rings. The Labute approximate surface area is 574 Å². The summed E-state index contributed by atoms with van der Waals surface area (Å²) in [6.07, 6.45) is -5.81. The van der Waals surface area contributed by atoms with Crippen LogP contribution in [0.5, 0.6) is 23.0 Å². The van der Waals surface area contributed by atoms with Crippen molar-refractivity contribution in [2.45, 2.75) is 76.0 Å². The number of ether oxygens (including phenoxy) is 10. The predicted octanol–water partition coefficient (Wildman–Crippen LogP) is 6.78. The number of carbonyl (C=O) groups excluding carboxylic acids is 6. The van der Waals surface area contributed by atoms with Crippen LogP contribution in [-0.2, 0) is 70.0 Å². The maximum atomic E-state index is 12.1. The fourth-order valence-corrected chi connectivity index (χ4v) is 11.1. The largest absolute Gasteiger partial charge is 0.493 e. The molecule has 0 aliphatic carbocycles. The minimum absolute atomic E-state index is 0.0253. The monoisotopic (exact) mass is 1380 g/mol. The van der Waals surface area contributed by atoms with E-state index >= 15 is 0 Å². The van der Waals surface area contributed by atoms with E-state index in [1.807, 2.05) is 24.3 Å². The SMILES string of the molecule is CCOC(=O)C1=C(N)CC2c3cc(OC)c(OC)cc3CCN2C1.CCOC(=O)C1=C(N)C[C@H]2c3cc(OC)c(OC)cc3CCN2C1.O=C(O[C@H](C(=O)O)[C@H](OC(=O)c1ccccc1)C(=O)O)c1ccccc1.O=C(O[C@H](C(=O)O)[C@H](OC(=O)c1ccccc1)C(=O)O)c1ccccc1. The zero-order chi connectivity index (χ0) is 72.7. The molecule has 0 amide bonds. The molecular formula is C72H76N4O24. The van der Waals surface area contributed by atoms with E-state index in [2.05, 4.69) is 9.80 Å². The van der Waals surface area contributed by atoms with Crippen LogP contribution < -0.4 is 30.4 Å². The standard InChI is InChI=1S/2C18H24N2O4.2C18H14O8/c2*1-4-24-18(21)13-10-20-6-5-11-7-16(22-2)17(23-3)8-12(11)15(20)9-14(13)19;2*19-15(20)13(25-17(23)11-7-3-1-4-8-11)14(16(21)22)26-18(24)12-9-5-2-6-10-12/h2*7-8,15H,4-6,9-10,19H2,1-3H3;2*1-10,13-14H,(H,19,20)(H,21,22)/t15-;;2*13-,14-/m0.00/s1. The predicted molar refractivity (Wildman–Crippen MR) is 353 cm³/mol. The van der Waals surface area contributed by atoms with E-state index in [1.54, 1.807) is 66.6 Å². The molecule has 4 heterocycles. The fourth-order valence-electron chi connectivity index (χ4n) is 11.1. The molecule has 28 heteroatoms. The lowest BCUT2D eigenvalue weighted by Gasteiger charge is -2.41. The van der Waals surface area contributed by atoms with Crippen LogP contribution in [0.25, 0.3) is 0 Å². The molecule has 4 aliphatic heterocycles. The van der Waals surface area contributed by atoms with Gasteiger partial charge in [-0.1, -0.05) is 72.8 Å². The van der Waals surface area contributed by atoms with Crippen LogP contribution in [-0.4, -0.2) is 182 Å². The first kappa shape index (κ1) is 75.6. The number of nitrogens with zero attached hydrogens (tertiary/aromatic N) is 2. The van der Waals surface area contributed by atoms with Gasteiger partial charge in [0.2, 0.25) is 24.4 Å². The number of carboxylic acid groups (broad SMARTS) is 4. The Bertz CT molecular complexity index is 3600. The first-order chi connectivity index (χ1) is 48.0. The number of rotatable bonds is 22. The first-order valence-corrected chi connectivity index (χ1v) is 31.2. The molecule has 0 bridgehead atoms. The lowest BCUT2D eigenvalue weighted by Crippen LogP contribution is -2.45. The van der Waals surface area contributed by atoms with Crippen LogP contribution >= 0.6 is 0 Å². The third-order valence-corrected chi connectivity index (χ3v) is 16.1. The average molecular weight is 1380 g/mol. The van der Waals surface area contributed by atoms with Crippen molar-refractivity contribution in [1.82, 2.24) is 9.80 Å². The summed E-state index contributed by atoms with van der Waals surface area (Å²) in [6.45, 7) is 7.14. The van der Waals surface area contributed by atoms with E-state index in [0.717, 1.165) is 48.9 Å². The summed E-state index contributed by atoms with van der Waals surface area (Å²) in [5.74, 6) is -8.94. The van der Waals surface area contributed by atoms with Crippen molar-refractivity contribution in [3.8, 4) is 23.0 Å². The van der Waals surface area contributed by atoms with E-state index in [1.165, 1.54) is 119 Å². The quantitative estimate of drug-likeness (QED) is 0.0301. The van der Waals surface area contributed by atoms with Crippen LogP contribution in [0.1, 0.15) is 102 Å². The second-order valence-electron chi connectivity index (χ2n) is 22.3. The number of aliphatic carboxylic acids is 4. The van der Waals surface area contributed by atoms with Gasteiger partial charge in [0.1, 0.15) is 0 Å². The van der Waals surface area contributed by atoms with Crippen molar-refractivity contribution in [3.05, 3.63) is 213 Å². The van der Waals surface area contributed by atoms with Gasteiger partial charge < -0.3 is 79.3 Å². The van der Waals surface area contributed by atoms with Gasteiger partial charge in [-0.25, -0.2) is 47.9 Å². The molecule has 0 saturated carbocycles. The third kappa shape index (κ3) is 19.3.